The third-order valence-electron chi connectivity index (χ3n) is 16.6. The number of rotatable bonds is 0. The molecule has 0 aromatic heterocycles. The van der Waals surface area contributed by atoms with E-state index in [-0.39, 0.29) is 0 Å². The Balaban J connectivity index is 2.46. The minimum absolute atomic E-state index is 1.60. The molecule has 0 bridgehead atoms. The van der Waals surface area contributed by atoms with Crippen LogP contribution in [0.2, 0.25) is 47.8 Å². The molecule has 1 spiro atoms. The van der Waals surface area contributed by atoms with Crippen LogP contribution in [-0.4, -0.2) is 0 Å². The molecule has 0 N–H and O–H groups in total. The van der Waals surface area contributed by atoms with Gasteiger partial charge in [-0.05, 0) is 0 Å². The Morgan fingerprint density at radius 2 is 0.545 bits per heavy atom. The van der Waals surface area contributed by atoms with E-state index in [2.05, 4.69) is 0 Å². The first-order valence-electron chi connectivity index (χ1n) is 5.69. The fourth-order valence-corrected chi connectivity index (χ4v) is 107. The Hall–Kier alpha value is 0.532. The van der Waals surface area contributed by atoms with Gasteiger partial charge in [-0.15, -0.1) is 0 Å². The molecule has 0 atom stereocenters. The van der Waals surface area contributed by atoms with Gasteiger partial charge in [0.15, 0.2) is 0 Å². The summed E-state index contributed by atoms with van der Waals surface area (Å²) in [6.07, 6.45) is 0. The summed E-state index contributed by atoms with van der Waals surface area (Å²) >= 11 is 0. The van der Waals surface area contributed by atoms with Crippen molar-refractivity contribution in [2.45, 2.75) is 47.8 Å². The summed E-state index contributed by atoms with van der Waals surface area (Å²) in [6.45, 7) is -2.46. The average molecular weight is 182 g/mol. The van der Waals surface area contributed by atoms with Crippen LogP contribution < -0.4 is 0 Å². The van der Waals surface area contributed by atoms with Gasteiger partial charge in [-0.25, -0.2) is 0 Å². The topological polar surface area (TPSA) is 0 Å². The van der Waals surface area contributed by atoms with Gasteiger partial charge in [0.25, 0.3) is 0 Å². The Labute approximate surface area is 54.8 Å². The molecule has 0 saturated carbocycles. The molecule has 10 heterocycles. The molecule has 0 aliphatic carbocycles. The third-order valence-corrected chi connectivity index (χ3v) is 65.0. The predicted octanol–water partition coefficient (Wildman–Crippen LogP) is 3.38. The van der Waals surface area contributed by atoms with Crippen LogP contribution >= 0.6 is 0 Å². The first-order valence-corrected chi connectivity index (χ1v) is 13.1. The van der Waals surface area contributed by atoms with Crippen molar-refractivity contribution in [3.63, 3.8) is 0 Å². The Kier molecular flexibility index (Phi) is 0.0463. The molecule has 0 unspecified atom stereocenters. The first kappa shape index (κ1) is 3.03. The Morgan fingerprint density at radius 3 is 0.545 bits per heavy atom. The molecule has 10 aliphatic rings. The van der Waals surface area contributed by atoms with Crippen molar-refractivity contribution in [2.24, 2.45) is 0 Å². The third kappa shape index (κ3) is 0.0191. The van der Waals surface area contributed by atoms with Crippen molar-refractivity contribution in [3.8, 4) is 0 Å². The minimum atomic E-state index is -2.46. The van der Waals surface area contributed by atoms with Crippen LogP contribution in [0.15, 0.2) is 0 Å². The van der Waals surface area contributed by atoms with Crippen molar-refractivity contribution in [3.05, 3.63) is 0 Å². The zero-order valence-corrected chi connectivity index (χ0v) is 7.46. The van der Waals surface area contributed by atoms with Crippen LogP contribution in [0.1, 0.15) is 0 Å². The van der Waals surface area contributed by atoms with E-state index in [4.69, 9.17) is 0 Å². The second kappa shape index (κ2) is 0.168. The summed E-state index contributed by atoms with van der Waals surface area (Å²) in [5, 5.41) is 0. The van der Waals surface area contributed by atoms with Gasteiger partial charge in [-0.1, -0.05) is 0 Å². The molecule has 1 heteroatoms. The summed E-state index contributed by atoms with van der Waals surface area (Å²) < 4.78 is 16.0. The van der Waals surface area contributed by atoms with Gasteiger partial charge in [-0.2, -0.15) is 0 Å². The van der Waals surface area contributed by atoms with E-state index in [0.29, 0.717) is 0 Å². The summed E-state index contributed by atoms with van der Waals surface area (Å²) in [7, 11) is 0. The van der Waals surface area contributed by atoms with Crippen LogP contribution in [0.3, 0.4) is 0 Å². The van der Waals surface area contributed by atoms with Gasteiger partial charge in [0.2, 0.25) is 0 Å². The van der Waals surface area contributed by atoms with Crippen molar-refractivity contribution in [1.29, 1.82) is 0 Å². The maximum atomic E-state index is 1.60. The fourth-order valence-electron chi connectivity index (χ4n) is 18.5. The zero-order chi connectivity index (χ0) is 6.09. The van der Waals surface area contributed by atoms with E-state index in [1.54, 1.807) is 47.8 Å². The molecule has 11 heavy (non-hydrogen) atoms. The van der Waals surface area contributed by atoms with Gasteiger partial charge < -0.3 is 0 Å². The van der Waals surface area contributed by atoms with Crippen LogP contribution in [0, 0.1) is 0 Å². The van der Waals surface area contributed by atoms with Crippen LogP contribution in [0.5, 0.6) is 0 Å². The zero-order valence-electron chi connectivity index (χ0n) is 6.18. The number of hydrogen-bond acceptors (Lipinski definition) is 0. The van der Waals surface area contributed by atoms with Crippen molar-refractivity contribution in [2.75, 3.05) is 0 Å². The second-order valence-corrected chi connectivity index (χ2v) is 38.4. The molecule has 10 rings (SSSR count). The van der Waals surface area contributed by atoms with Crippen LogP contribution in [0.4, 0.5) is 0 Å². The van der Waals surface area contributed by atoms with Crippen molar-refractivity contribution in [1.82, 2.24) is 0 Å². The van der Waals surface area contributed by atoms with Gasteiger partial charge in [0, 0.05) is 0 Å². The molecule has 10 aliphatic heterocycles. The number of fused-ring (bicyclic) bond motifs is 10. The fraction of sp³-hybridized carbons (Fsp3) is 1.00. The molecule has 0 aromatic rings. The predicted molar refractivity (Wildman–Crippen MR) is 37.5 cm³/mol. The first-order chi connectivity index (χ1) is 5.16. The SMILES string of the molecule is [CH]12[CH]3[CH]4[CH]5[CH]1[Cr]23451678[CH]2[CH]1[CH]6[CH]7[CH]28. The van der Waals surface area contributed by atoms with Gasteiger partial charge in [0.05, 0.1) is 0 Å². The second-order valence-electron chi connectivity index (χ2n) is 10.8. The molecular formula is C10H10Cr. The van der Waals surface area contributed by atoms with E-state index in [9.17, 15) is 0 Å². The molecule has 0 aromatic carbocycles. The maximum absolute atomic E-state index is 2.46. The van der Waals surface area contributed by atoms with E-state index in [1.165, 1.54) is 0 Å². The van der Waals surface area contributed by atoms with E-state index < -0.39 is 6.65 Å². The molecule has 56 valence electrons. The molecule has 0 amide bonds. The standard InChI is InChI=1S/2C5H5.Cr/c2*1-2-4-5-3-1;/h2*1-5H;. The van der Waals surface area contributed by atoms with Crippen molar-refractivity contribution < 1.29 is 6.65 Å². The van der Waals surface area contributed by atoms with Crippen LogP contribution in [0.25, 0.3) is 0 Å². The monoisotopic (exact) mass is 182 g/mol. The van der Waals surface area contributed by atoms with Crippen LogP contribution in [-0.2, 0) is 6.65 Å². The summed E-state index contributed by atoms with van der Waals surface area (Å²) in [6, 6.07) is 0. The van der Waals surface area contributed by atoms with E-state index in [0.717, 1.165) is 0 Å². The van der Waals surface area contributed by atoms with Gasteiger partial charge >= 0.3 is 54.5 Å². The normalized spacial score (nSPS) is 171. The van der Waals surface area contributed by atoms with Gasteiger partial charge in [-0.3, -0.25) is 0 Å². The van der Waals surface area contributed by atoms with E-state index in [1.807, 2.05) is 0 Å². The average Bonchev–Trinajstić information content (AvgIpc) is 3.01. The Morgan fingerprint density at radius 1 is 0.364 bits per heavy atom. The number of hydrogen-bond donors (Lipinski definition) is 0. The summed E-state index contributed by atoms with van der Waals surface area (Å²) in [5.74, 6) is 0. The van der Waals surface area contributed by atoms with Crippen molar-refractivity contribution >= 4 is 0 Å². The molecule has 0 nitrogen and oxygen atoms in total. The quantitative estimate of drug-likeness (QED) is 0.538. The molecular weight excluding hydrogens is 172 g/mol. The summed E-state index contributed by atoms with van der Waals surface area (Å²) in [4.78, 5) is 0. The molecule has 10 saturated heterocycles. The summed E-state index contributed by atoms with van der Waals surface area (Å²) in [5.41, 5.74) is 0. The molecule has 10 fully saturated rings. The van der Waals surface area contributed by atoms with Gasteiger partial charge in [0.1, 0.15) is 0 Å². The molecule has 0 radical (unpaired) electrons. The Bertz CT molecular complexity index is 572. The van der Waals surface area contributed by atoms with E-state index >= 15 is 0 Å².